The second-order valence-electron chi connectivity index (χ2n) is 3.25. The van der Waals surface area contributed by atoms with Crippen LogP contribution in [0.15, 0.2) is 23.2 Å². The number of halogens is 1. The number of aromatic nitrogens is 1. The second kappa shape index (κ2) is 5.30. The predicted octanol–water partition coefficient (Wildman–Crippen LogP) is 1.43. The molecule has 0 radical (unpaired) electrons. The van der Waals surface area contributed by atoms with Crippen LogP contribution < -0.4 is 4.72 Å². The first-order chi connectivity index (χ1) is 7.45. The standard InChI is InChI=1S/C10H11ClN2O2S/c1-3-4-8(2)13-16(14,15)9-5-6-10(11)12-7-9/h1,5-8,13H,4H2,2H3. The molecule has 86 valence electrons. The number of hydrogen-bond acceptors (Lipinski definition) is 3. The van der Waals surface area contributed by atoms with Crippen molar-refractivity contribution < 1.29 is 8.42 Å². The molecule has 0 spiro atoms. The Morgan fingerprint density at radius 3 is 2.81 bits per heavy atom. The van der Waals surface area contributed by atoms with Gasteiger partial charge in [-0.15, -0.1) is 12.3 Å². The number of hydrogen-bond donors (Lipinski definition) is 1. The highest BCUT2D eigenvalue weighted by atomic mass is 35.5. The molecule has 16 heavy (non-hydrogen) atoms. The lowest BCUT2D eigenvalue weighted by atomic mass is 10.3. The summed E-state index contributed by atoms with van der Waals surface area (Å²) >= 11 is 5.56. The fourth-order valence-electron chi connectivity index (χ4n) is 1.07. The number of terminal acetylenes is 1. The average molecular weight is 259 g/mol. The zero-order valence-electron chi connectivity index (χ0n) is 8.64. The summed E-state index contributed by atoms with van der Waals surface area (Å²) in [5, 5.41) is 0.246. The van der Waals surface area contributed by atoms with Gasteiger partial charge in [0, 0.05) is 18.7 Å². The fraction of sp³-hybridized carbons (Fsp3) is 0.300. The molecule has 1 N–H and O–H groups in total. The zero-order valence-corrected chi connectivity index (χ0v) is 10.2. The smallest absolute Gasteiger partial charge is 0.242 e. The summed E-state index contributed by atoms with van der Waals surface area (Å²) in [4.78, 5) is 3.77. The molecule has 6 heteroatoms. The van der Waals surface area contributed by atoms with Gasteiger partial charge in [-0.25, -0.2) is 18.1 Å². The number of nitrogens with zero attached hydrogens (tertiary/aromatic N) is 1. The van der Waals surface area contributed by atoms with E-state index in [-0.39, 0.29) is 16.1 Å². The van der Waals surface area contributed by atoms with Crippen molar-refractivity contribution in [3.63, 3.8) is 0 Å². The molecule has 0 saturated heterocycles. The van der Waals surface area contributed by atoms with E-state index in [9.17, 15) is 8.42 Å². The normalized spacial score (nSPS) is 13.1. The fourth-order valence-corrected chi connectivity index (χ4v) is 2.37. The Bertz CT molecular complexity index is 491. The quantitative estimate of drug-likeness (QED) is 0.657. The molecule has 0 bridgehead atoms. The van der Waals surface area contributed by atoms with Crippen LogP contribution in [0.5, 0.6) is 0 Å². The SMILES string of the molecule is C#CCC(C)NS(=O)(=O)c1ccc(Cl)nc1. The summed E-state index contributed by atoms with van der Waals surface area (Å²) < 4.78 is 26.0. The number of sulfonamides is 1. The predicted molar refractivity (Wildman–Crippen MR) is 62.5 cm³/mol. The van der Waals surface area contributed by atoms with Crippen molar-refractivity contribution in [1.29, 1.82) is 0 Å². The van der Waals surface area contributed by atoms with Crippen molar-refractivity contribution in [2.75, 3.05) is 0 Å². The number of pyridine rings is 1. The monoisotopic (exact) mass is 258 g/mol. The summed E-state index contributed by atoms with van der Waals surface area (Å²) in [6, 6.07) is 2.49. The molecule has 0 aliphatic rings. The average Bonchev–Trinajstić information content (AvgIpc) is 2.17. The van der Waals surface area contributed by atoms with Gasteiger partial charge in [-0.2, -0.15) is 0 Å². The minimum atomic E-state index is -3.57. The van der Waals surface area contributed by atoms with Gasteiger partial charge in [-0.05, 0) is 19.1 Å². The first-order valence-corrected chi connectivity index (χ1v) is 6.39. The molecule has 0 saturated carbocycles. The summed E-state index contributed by atoms with van der Waals surface area (Å²) in [6.45, 7) is 1.70. The molecule has 1 heterocycles. The highest BCUT2D eigenvalue weighted by molar-refractivity contribution is 7.89. The molecule has 4 nitrogen and oxygen atoms in total. The Labute approximate surface area is 100 Å². The van der Waals surface area contributed by atoms with Crippen molar-refractivity contribution in [3.8, 4) is 12.3 Å². The number of rotatable bonds is 4. The molecule has 0 fully saturated rings. The van der Waals surface area contributed by atoms with Crippen LogP contribution in [0, 0.1) is 12.3 Å². The van der Waals surface area contributed by atoms with Crippen LogP contribution in [0.25, 0.3) is 0 Å². The van der Waals surface area contributed by atoms with Crippen LogP contribution in [0.4, 0.5) is 0 Å². The van der Waals surface area contributed by atoms with E-state index >= 15 is 0 Å². The Hall–Kier alpha value is -1.09. The lowest BCUT2D eigenvalue weighted by molar-refractivity contribution is 0.563. The van der Waals surface area contributed by atoms with Gasteiger partial charge in [-0.1, -0.05) is 11.6 Å². The van der Waals surface area contributed by atoms with Crippen molar-refractivity contribution in [2.24, 2.45) is 0 Å². The van der Waals surface area contributed by atoms with Gasteiger partial charge in [0.15, 0.2) is 0 Å². The van der Waals surface area contributed by atoms with E-state index in [0.29, 0.717) is 6.42 Å². The summed E-state index contributed by atoms with van der Waals surface area (Å²) in [6.07, 6.45) is 6.63. The lowest BCUT2D eigenvalue weighted by Gasteiger charge is -2.11. The maximum atomic E-state index is 11.8. The van der Waals surface area contributed by atoms with Crippen molar-refractivity contribution >= 4 is 21.6 Å². The molecule has 1 unspecified atom stereocenters. The topological polar surface area (TPSA) is 59.1 Å². The van der Waals surface area contributed by atoms with Gasteiger partial charge < -0.3 is 0 Å². The first-order valence-electron chi connectivity index (χ1n) is 4.53. The van der Waals surface area contributed by atoms with Gasteiger partial charge in [-0.3, -0.25) is 0 Å². The Morgan fingerprint density at radius 1 is 1.62 bits per heavy atom. The molecule has 1 aromatic heterocycles. The largest absolute Gasteiger partial charge is 0.243 e. The molecule has 1 aromatic rings. The van der Waals surface area contributed by atoms with Crippen molar-refractivity contribution in [3.05, 3.63) is 23.5 Å². The third-order valence-corrected chi connectivity index (χ3v) is 3.59. The minimum absolute atomic E-state index is 0.0702. The van der Waals surface area contributed by atoms with Gasteiger partial charge >= 0.3 is 0 Å². The molecule has 0 amide bonds. The van der Waals surface area contributed by atoms with E-state index in [0.717, 1.165) is 0 Å². The van der Waals surface area contributed by atoms with Crippen LogP contribution in [0.2, 0.25) is 5.15 Å². The molecule has 0 aromatic carbocycles. The Kier molecular flexibility index (Phi) is 4.30. The highest BCUT2D eigenvalue weighted by Crippen LogP contribution is 2.11. The molecule has 0 aliphatic carbocycles. The minimum Gasteiger partial charge on any atom is -0.243 e. The maximum Gasteiger partial charge on any atom is 0.242 e. The molecular weight excluding hydrogens is 248 g/mol. The van der Waals surface area contributed by atoms with Crippen molar-refractivity contribution in [1.82, 2.24) is 9.71 Å². The van der Waals surface area contributed by atoms with E-state index in [4.69, 9.17) is 18.0 Å². The van der Waals surface area contributed by atoms with E-state index in [2.05, 4.69) is 15.6 Å². The summed E-state index contributed by atoms with van der Waals surface area (Å²) in [5.74, 6) is 2.39. The number of nitrogens with one attached hydrogen (secondary N) is 1. The van der Waals surface area contributed by atoms with Gasteiger partial charge in [0.2, 0.25) is 10.0 Å². The Balaban J connectivity index is 2.87. The van der Waals surface area contributed by atoms with E-state index in [1.165, 1.54) is 18.3 Å². The highest BCUT2D eigenvalue weighted by Gasteiger charge is 2.16. The molecule has 1 rings (SSSR count). The summed E-state index contributed by atoms with van der Waals surface area (Å²) in [7, 11) is -3.57. The van der Waals surface area contributed by atoms with Crippen LogP contribution in [-0.4, -0.2) is 19.4 Å². The molecule has 0 aliphatic heterocycles. The Morgan fingerprint density at radius 2 is 2.31 bits per heavy atom. The van der Waals surface area contributed by atoms with Crippen LogP contribution in [0.1, 0.15) is 13.3 Å². The van der Waals surface area contributed by atoms with Gasteiger partial charge in [0.1, 0.15) is 10.0 Å². The van der Waals surface area contributed by atoms with E-state index < -0.39 is 10.0 Å². The molecule has 1 atom stereocenters. The van der Waals surface area contributed by atoms with Crippen LogP contribution in [0.3, 0.4) is 0 Å². The first kappa shape index (κ1) is 13.0. The lowest BCUT2D eigenvalue weighted by Crippen LogP contribution is -2.32. The van der Waals surface area contributed by atoms with Crippen LogP contribution in [-0.2, 0) is 10.0 Å². The molecular formula is C10H11ClN2O2S. The zero-order chi connectivity index (χ0) is 12.2. The maximum absolute atomic E-state index is 11.8. The summed E-state index contributed by atoms with van der Waals surface area (Å²) in [5.41, 5.74) is 0. The second-order valence-corrected chi connectivity index (χ2v) is 5.35. The van der Waals surface area contributed by atoms with Crippen molar-refractivity contribution in [2.45, 2.75) is 24.3 Å². The van der Waals surface area contributed by atoms with Gasteiger partial charge in [0.25, 0.3) is 0 Å². The van der Waals surface area contributed by atoms with E-state index in [1.54, 1.807) is 6.92 Å². The third-order valence-electron chi connectivity index (χ3n) is 1.79. The van der Waals surface area contributed by atoms with E-state index in [1.807, 2.05) is 0 Å². The third kappa shape index (κ3) is 3.49. The van der Waals surface area contributed by atoms with Gasteiger partial charge in [0.05, 0.1) is 0 Å². The van der Waals surface area contributed by atoms with Crippen LogP contribution >= 0.6 is 11.6 Å².